The first-order valence-corrected chi connectivity index (χ1v) is 25.1. The molecule has 73 heavy (non-hydrogen) atoms. The fourth-order valence-corrected chi connectivity index (χ4v) is 10.4. The van der Waals surface area contributed by atoms with Crippen molar-refractivity contribution < 1.29 is 25.8 Å². The van der Waals surface area contributed by atoms with E-state index < -0.39 is 0 Å². The van der Waals surface area contributed by atoms with Gasteiger partial charge in [-0.3, -0.25) is 0 Å². The van der Waals surface area contributed by atoms with Crippen LogP contribution in [0.1, 0.15) is 101 Å². The van der Waals surface area contributed by atoms with Crippen molar-refractivity contribution in [3.8, 4) is 17.3 Å². The van der Waals surface area contributed by atoms with E-state index in [0.717, 1.165) is 55.9 Å². The molecule has 1 aliphatic heterocycles. The molecule has 6 heteroatoms. The van der Waals surface area contributed by atoms with Crippen LogP contribution in [0, 0.1) is 18.8 Å². The zero-order valence-corrected chi connectivity index (χ0v) is 45.4. The van der Waals surface area contributed by atoms with Crippen LogP contribution in [0.25, 0.3) is 27.6 Å². The van der Waals surface area contributed by atoms with Crippen molar-refractivity contribution >= 4 is 44.6 Å². The van der Waals surface area contributed by atoms with Gasteiger partial charge in [0.2, 0.25) is 0 Å². The molecule has 0 radical (unpaired) electrons. The molecule has 11 rings (SSSR count). The number of hydrogen-bond donors (Lipinski definition) is 0. The minimum absolute atomic E-state index is 0. The summed E-state index contributed by atoms with van der Waals surface area (Å²) < 4.78 is 9.23. The van der Waals surface area contributed by atoms with Gasteiger partial charge in [-0.2, -0.15) is 6.07 Å². The van der Waals surface area contributed by atoms with Crippen molar-refractivity contribution in [2.45, 2.75) is 84.0 Å². The van der Waals surface area contributed by atoms with Gasteiger partial charge in [-0.15, -0.1) is 53.6 Å². The third-order valence-corrected chi connectivity index (χ3v) is 15.2. The largest absolute Gasteiger partial charge is 0.509 e. The summed E-state index contributed by atoms with van der Waals surface area (Å²) in [5.41, 5.74) is 13.6. The standard InChI is InChI=1S/C67H61N4O.Pt/c1-64(2,3)49-35-36-68-63(42-49)71-59-30-20-19-29-57(59)58-34-33-55(44-62(58)71)72-56-41-52(67(8,9)48-27-17-12-18-28-48)40-54(43-56)70-45-69(60-31-21-22-32-61(60)70)53-38-50(65(4,5)46-23-13-10-14-24-46)37-51(39-53)66(6,7)47-25-15-11-16-26-47;/h10-42,45H,1-9H3;/q-3;. The Morgan fingerprint density at radius 1 is 0.438 bits per heavy atom. The number of anilines is 4. The van der Waals surface area contributed by atoms with Gasteiger partial charge >= 0.3 is 0 Å². The van der Waals surface area contributed by atoms with Crippen LogP contribution < -0.4 is 14.5 Å². The molecule has 0 fully saturated rings. The maximum atomic E-state index is 7.01. The summed E-state index contributed by atoms with van der Waals surface area (Å²) >= 11 is 0. The number of pyridine rings is 1. The smallest absolute Gasteiger partial charge is 0.135 e. The van der Waals surface area contributed by atoms with Gasteiger partial charge in [-0.05, 0) is 92.1 Å². The number of nitrogens with zero attached hydrogens (tertiary/aromatic N) is 4. The fraction of sp³-hybridized carbons (Fsp3) is 0.194. The van der Waals surface area contributed by atoms with Crippen molar-refractivity contribution in [3.63, 3.8) is 0 Å². The summed E-state index contributed by atoms with van der Waals surface area (Å²) in [5, 5.41) is 2.22. The summed E-state index contributed by atoms with van der Waals surface area (Å²) in [4.78, 5) is 9.53. The Morgan fingerprint density at radius 3 is 1.53 bits per heavy atom. The molecular weight excluding hydrogens is 1070 g/mol. The fourth-order valence-electron chi connectivity index (χ4n) is 10.4. The van der Waals surface area contributed by atoms with Crippen LogP contribution in [-0.2, 0) is 42.7 Å². The van der Waals surface area contributed by atoms with Gasteiger partial charge in [-0.25, -0.2) is 4.98 Å². The second-order valence-electron chi connectivity index (χ2n) is 21.9. The number of benzene rings is 8. The van der Waals surface area contributed by atoms with E-state index in [1.807, 2.05) is 12.3 Å². The van der Waals surface area contributed by atoms with E-state index >= 15 is 0 Å². The predicted molar refractivity (Wildman–Crippen MR) is 299 cm³/mol. The van der Waals surface area contributed by atoms with Crippen molar-refractivity contribution in [2.75, 3.05) is 9.80 Å². The zero-order valence-electron chi connectivity index (χ0n) is 43.1. The molecule has 0 unspecified atom stereocenters. The molecule has 0 saturated heterocycles. The number of ether oxygens (including phenoxy) is 1. The van der Waals surface area contributed by atoms with Crippen molar-refractivity contribution in [2.24, 2.45) is 0 Å². The minimum Gasteiger partial charge on any atom is -0.509 e. The number of para-hydroxylation sites is 3. The van der Waals surface area contributed by atoms with Gasteiger partial charge in [0.25, 0.3) is 0 Å². The average molecular weight is 1130 g/mol. The van der Waals surface area contributed by atoms with Crippen molar-refractivity contribution in [3.05, 3.63) is 258 Å². The van der Waals surface area contributed by atoms with Crippen LogP contribution in [0.15, 0.2) is 200 Å². The quantitative estimate of drug-likeness (QED) is 0.121. The monoisotopic (exact) mass is 1130 g/mol. The topological polar surface area (TPSA) is 33.5 Å². The SMILES string of the molecule is CC(C)(C)c1ccnc(-n2c3[c-]c(Oc4[c-]c(N5[CH-]N(c6cc(C(C)(C)c7ccccc7)cc(C(C)(C)c7ccccc7)c6)c6ccccc65)cc(C(C)(C)c5ccccc5)c4)ccc3c3ccccc32)c1.[Pt]. The number of fused-ring (bicyclic) bond motifs is 4. The molecule has 0 atom stereocenters. The maximum Gasteiger partial charge on any atom is 0.135 e. The van der Waals surface area contributed by atoms with Gasteiger partial charge in [0, 0.05) is 72.2 Å². The number of aromatic nitrogens is 2. The zero-order chi connectivity index (χ0) is 50.0. The Kier molecular flexibility index (Phi) is 12.9. The molecule has 2 aromatic heterocycles. The van der Waals surface area contributed by atoms with Crippen LogP contribution in [0.4, 0.5) is 22.7 Å². The Bertz CT molecular complexity index is 3540. The van der Waals surface area contributed by atoms with E-state index in [9.17, 15) is 0 Å². The first-order valence-electron chi connectivity index (χ1n) is 25.1. The third kappa shape index (κ3) is 9.08. The van der Waals surface area contributed by atoms with E-state index in [-0.39, 0.29) is 42.7 Å². The van der Waals surface area contributed by atoms with Crippen LogP contribution in [0.2, 0.25) is 0 Å². The molecule has 0 aliphatic carbocycles. The summed E-state index contributed by atoms with van der Waals surface area (Å²) in [7, 11) is 0. The molecule has 0 bridgehead atoms. The van der Waals surface area contributed by atoms with E-state index in [1.54, 1.807) is 0 Å². The van der Waals surface area contributed by atoms with Crippen LogP contribution in [0.3, 0.4) is 0 Å². The van der Waals surface area contributed by atoms with Crippen LogP contribution >= 0.6 is 0 Å². The van der Waals surface area contributed by atoms with E-state index in [0.29, 0.717) is 11.5 Å². The summed E-state index contributed by atoms with van der Waals surface area (Å²) in [6.45, 7) is 22.8. The van der Waals surface area contributed by atoms with Gasteiger partial charge < -0.3 is 19.1 Å². The van der Waals surface area contributed by atoms with Crippen LogP contribution in [-0.4, -0.2) is 9.55 Å². The Labute approximate surface area is 446 Å². The molecule has 10 aromatic rings. The second-order valence-corrected chi connectivity index (χ2v) is 21.9. The summed E-state index contributed by atoms with van der Waals surface area (Å²) in [6, 6.07) is 77.2. The Morgan fingerprint density at radius 2 is 0.959 bits per heavy atom. The first kappa shape index (κ1) is 49.4. The molecule has 368 valence electrons. The normalized spacial score (nSPS) is 13.1. The minimum atomic E-state index is -0.388. The Hall–Kier alpha value is -7.20. The summed E-state index contributed by atoms with van der Waals surface area (Å²) in [5.74, 6) is 2.04. The average Bonchev–Trinajstić information content (AvgIpc) is 3.95. The number of hydrogen-bond acceptors (Lipinski definition) is 4. The second kappa shape index (κ2) is 19.0. The van der Waals surface area contributed by atoms with Gasteiger partial charge in [0.1, 0.15) is 5.82 Å². The van der Waals surface area contributed by atoms with Gasteiger partial charge in [0.15, 0.2) is 0 Å². The molecule has 5 nitrogen and oxygen atoms in total. The van der Waals surface area contributed by atoms with E-state index in [4.69, 9.17) is 9.72 Å². The molecule has 0 saturated carbocycles. The van der Waals surface area contributed by atoms with E-state index in [2.05, 4.69) is 284 Å². The number of rotatable bonds is 11. The first-order chi connectivity index (χ1) is 34.6. The van der Waals surface area contributed by atoms with E-state index in [1.165, 1.54) is 33.4 Å². The van der Waals surface area contributed by atoms with Crippen molar-refractivity contribution in [1.29, 1.82) is 0 Å². The molecule has 0 N–H and O–H groups in total. The predicted octanol–water partition coefficient (Wildman–Crippen LogP) is 17.3. The molecule has 3 heterocycles. The third-order valence-electron chi connectivity index (χ3n) is 15.2. The molecule has 8 aromatic carbocycles. The Balaban J connectivity index is 0.00000611. The maximum absolute atomic E-state index is 7.01. The van der Waals surface area contributed by atoms with Gasteiger partial charge in [0.05, 0.1) is 0 Å². The molecule has 0 amide bonds. The molecule has 0 spiro atoms. The molecular formula is C67H61N4OPt-3. The van der Waals surface area contributed by atoms with Crippen molar-refractivity contribution in [1.82, 2.24) is 9.55 Å². The van der Waals surface area contributed by atoms with Crippen LogP contribution in [0.5, 0.6) is 11.5 Å². The summed E-state index contributed by atoms with van der Waals surface area (Å²) in [6.07, 6.45) is 1.91. The van der Waals surface area contributed by atoms with Gasteiger partial charge in [-0.1, -0.05) is 195 Å². The molecule has 1 aliphatic rings.